The van der Waals surface area contributed by atoms with Crippen molar-refractivity contribution < 1.29 is 23.9 Å². The van der Waals surface area contributed by atoms with E-state index in [4.69, 9.17) is 9.47 Å². The third-order valence-electron chi connectivity index (χ3n) is 4.83. The van der Waals surface area contributed by atoms with E-state index < -0.39 is 18.0 Å². The predicted molar refractivity (Wildman–Crippen MR) is 124 cm³/mol. The number of para-hydroxylation sites is 1. The number of urea groups is 1. The van der Waals surface area contributed by atoms with Crippen LogP contribution in [0.4, 0.5) is 10.5 Å². The van der Waals surface area contributed by atoms with Crippen LogP contribution in [0.2, 0.25) is 0 Å². The molecule has 0 heterocycles. The topological polar surface area (TPSA) is 106 Å². The van der Waals surface area contributed by atoms with E-state index in [9.17, 15) is 14.4 Å². The lowest BCUT2D eigenvalue weighted by atomic mass is 10.1. The van der Waals surface area contributed by atoms with Crippen molar-refractivity contribution in [1.82, 2.24) is 10.6 Å². The molecule has 0 bridgehead atoms. The molecule has 1 atom stereocenters. The molecule has 1 unspecified atom stereocenters. The van der Waals surface area contributed by atoms with Gasteiger partial charge in [-0.3, -0.25) is 4.79 Å². The largest absolute Gasteiger partial charge is 0.496 e. The maximum absolute atomic E-state index is 12.9. The van der Waals surface area contributed by atoms with Crippen molar-refractivity contribution in [1.29, 1.82) is 0 Å². The zero-order valence-corrected chi connectivity index (χ0v) is 18.3. The highest BCUT2D eigenvalue weighted by molar-refractivity contribution is 5.97. The summed E-state index contributed by atoms with van der Waals surface area (Å²) in [4.78, 5) is 37.5. The first kappa shape index (κ1) is 23.3. The highest BCUT2D eigenvalue weighted by Gasteiger charge is 2.23. The Bertz CT molecular complexity index is 1100. The fourth-order valence-electron chi connectivity index (χ4n) is 3.18. The van der Waals surface area contributed by atoms with E-state index in [-0.39, 0.29) is 18.0 Å². The number of ether oxygens (including phenoxy) is 2. The number of benzene rings is 3. The van der Waals surface area contributed by atoms with Crippen LogP contribution in [-0.2, 0) is 16.1 Å². The Morgan fingerprint density at radius 1 is 0.879 bits per heavy atom. The highest BCUT2D eigenvalue weighted by Crippen LogP contribution is 2.21. The van der Waals surface area contributed by atoms with E-state index in [1.807, 2.05) is 24.3 Å². The fraction of sp³-hybridized carbons (Fsp3) is 0.160. The van der Waals surface area contributed by atoms with Crippen LogP contribution in [0, 0.1) is 0 Å². The van der Waals surface area contributed by atoms with Crippen LogP contribution in [0.15, 0.2) is 78.9 Å². The number of esters is 1. The summed E-state index contributed by atoms with van der Waals surface area (Å²) in [5.74, 6) is -0.545. The van der Waals surface area contributed by atoms with E-state index in [2.05, 4.69) is 16.0 Å². The van der Waals surface area contributed by atoms with Gasteiger partial charge in [-0.25, -0.2) is 9.59 Å². The van der Waals surface area contributed by atoms with Gasteiger partial charge >= 0.3 is 12.0 Å². The van der Waals surface area contributed by atoms with Gasteiger partial charge in [0.1, 0.15) is 17.4 Å². The minimum Gasteiger partial charge on any atom is -0.496 e. The summed E-state index contributed by atoms with van der Waals surface area (Å²) >= 11 is 0. The molecule has 0 saturated heterocycles. The molecule has 0 fully saturated rings. The summed E-state index contributed by atoms with van der Waals surface area (Å²) in [6.45, 7) is 0.127. The SMILES string of the molecule is COC(=O)c1cc(CNC(=O)NC(C(=O)Nc2ccccc2)c2ccccc2)ccc1OC. The predicted octanol–water partition coefficient (Wildman–Crippen LogP) is 3.66. The van der Waals surface area contributed by atoms with Gasteiger partial charge in [0.25, 0.3) is 5.91 Å². The number of nitrogens with one attached hydrogen (secondary N) is 3. The Kier molecular flexibility index (Phi) is 8.02. The van der Waals surface area contributed by atoms with E-state index >= 15 is 0 Å². The molecule has 3 rings (SSSR count). The number of rotatable bonds is 8. The molecule has 3 aromatic rings. The molecular formula is C25H25N3O5. The number of carbonyl (C=O) groups excluding carboxylic acids is 3. The Balaban J connectivity index is 1.70. The maximum Gasteiger partial charge on any atom is 0.341 e. The lowest BCUT2D eigenvalue weighted by Crippen LogP contribution is -2.42. The molecular weight excluding hydrogens is 422 g/mol. The number of methoxy groups -OCH3 is 2. The number of amides is 3. The van der Waals surface area contributed by atoms with Crippen molar-refractivity contribution in [3.63, 3.8) is 0 Å². The van der Waals surface area contributed by atoms with Gasteiger partial charge < -0.3 is 25.4 Å². The highest BCUT2D eigenvalue weighted by atomic mass is 16.5. The summed E-state index contributed by atoms with van der Waals surface area (Å²) in [5, 5.41) is 8.24. The van der Waals surface area contributed by atoms with E-state index in [0.717, 1.165) is 0 Å². The third-order valence-corrected chi connectivity index (χ3v) is 4.83. The monoisotopic (exact) mass is 447 g/mol. The summed E-state index contributed by atoms with van der Waals surface area (Å²) in [7, 11) is 2.74. The van der Waals surface area contributed by atoms with Crippen molar-refractivity contribution in [3.8, 4) is 5.75 Å². The minimum absolute atomic E-state index is 0.127. The fourth-order valence-corrected chi connectivity index (χ4v) is 3.18. The number of hydrogen-bond donors (Lipinski definition) is 3. The first-order chi connectivity index (χ1) is 16.0. The summed E-state index contributed by atoms with van der Waals surface area (Å²) in [5.41, 5.74) is 2.18. The van der Waals surface area contributed by atoms with Gasteiger partial charge in [0.15, 0.2) is 0 Å². The van der Waals surface area contributed by atoms with Crippen molar-refractivity contribution in [3.05, 3.63) is 95.6 Å². The average Bonchev–Trinajstić information content (AvgIpc) is 2.86. The molecule has 8 heteroatoms. The average molecular weight is 447 g/mol. The van der Waals surface area contributed by atoms with E-state index in [0.29, 0.717) is 22.6 Å². The Labute approximate surface area is 191 Å². The molecule has 0 spiro atoms. The molecule has 0 aliphatic carbocycles. The van der Waals surface area contributed by atoms with Gasteiger partial charge in [-0.05, 0) is 35.4 Å². The lowest BCUT2D eigenvalue weighted by Gasteiger charge is -2.19. The second-order valence-electron chi connectivity index (χ2n) is 7.05. The first-order valence-corrected chi connectivity index (χ1v) is 10.2. The number of anilines is 1. The molecule has 0 radical (unpaired) electrons. The van der Waals surface area contributed by atoms with Gasteiger partial charge in [0.05, 0.1) is 14.2 Å². The van der Waals surface area contributed by atoms with Gasteiger partial charge in [0.2, 0.25) is 0 Å². The standard InChI is InChI=1S/C25H25N3O5/c1-32-21-14-13-17(15-20(21)24(30)33-2)16-26-25(31)28-22(18-9-5-3-6-10-18)23(29)27-19-11-7-4-8-12-19/h3-15,22H,16H2,1-2H3,(H,27,29)(H2,26,28,31). The second kappa shape index (κ2) is 11.3. The third kappa shape index (κ3) is 6.33. The van der Waals surface area contributed by atoms with Crippen LogP contribution in [0.25, 0.3) is 0 Å². The van der Waals surface area contributed by atoms with E-state index in [1.54, 1.807) is 54.6 Å². The normalized spacial score (nSPS) is 11.1. The van der Waals surface area contributed by atoms with Crippen LogP contribution in [0.3, 0.4) is 0 Å². The van der Waals surface area contributed by atoms with Gasteiger partial charge in [-0.2, -0.15) is 0 Å². The number of hydrogen-bond acceptors (Lipinski definition) is 5. The second-order valence-corrected chi connectivity index (χ2v) is 7.05. The molecule has 0 aliphatic rings. The van der Waals surface area contributed by atoms with Crippen LogP contribution in [-0.4, -0.2) is 32.1 Å². The van der Waals surface area contributed by atoms with Crippen LogP contribution in [0.5, 0.6) is 5.75 Å². The molecule has 3 N–H and O–H groups in total. The summed E-state index contributed by atoms with van der Waals surface area (Å²) < 4.78 is 9.95. The molecule has 3 amide bonds. The molecule has 8 nitrogen and oxygen atoms in total. The quantitative estimate of drug-likeness (QED) is 0.457. The molecule has 0 aliphatic heterocycles. The summed E-state index contributed by atoms with van der Waals surface area (Å²) in [6.07, 6.45) is 0. The number of carbonyl (C=O) groups is 3. The summed E-state index contributed by atoms with van der Waals surface area (Å²) in [6, 6.07) is 21.4. The van der Waals surface area contributed by atoms with Crippen molar-refractivity contribution in [2.45, 2.75) is 12.6 Å². The van der Waals surface area contributed by atoms with Crippen molar-refractivity contribution in [2.24, 2.45) is 0 Å². The smallest absolute Gasteiger partial charge is 0.341 e. The van der Waals surface area contributed by atoms with Gasteiger partial charge in [0, 0.05) is 12.2 Å². The molecule has 3 aromatic carbocycles. The molecule has 0 aromatic heterocycles. The molecule has 170 valence electrons. The minimum atomic E-state index is -0.909. The zero-order valence-electron chi connectivity index (χ0n) is 18.3. The van der Waals surface area contributed by atoms with Gasteiger partial charge in [-0.1, -0.05) is 54.6 Å². The zero-order chi connectivity index (χ0) is 23.6. The van der Waals surface area contributed by atoms with Crippen molar-refractivity contribution >= 4 is 23.6 Å². The van der Waals surface area contributed by atoms with Gasteiger partial charge in [-0.15, -0.1) is 0 Å². The van der Waals surface area contributed by atoms with Crippen LogP contribution < -0.4 is 20.7 Å². The maximum atomic E-state index is 12.9. The first-order valence-electron chi connectivity index (χ1n) is 10.2. The Morgan fingerprint density at radius 3 is 2.18 bits per heavy atom. The molecule has 33 heavy (non-hydrogen) atoms. The Morgan fingerprint density at radius 2 is 1.55 bits per heavy atom. The lowest BCUT2D eigenvalue weighted by molar-refractivity contribution is -0.118. The molecule has 0 saturated carbocycles. The van der Waals surface area contributed by atoms with Crippen molar-refractivity contribution in [2.75, 3.05) is 19.5 Å². The van der Waals surface area contributed by atoms with Crippen LogP contribution in [0.1, 0.15) is 27.5 Å². The van der Waals surface area contributed by atoms with Crippen LogP contribution >= 0.6 is 0 Å². The Hall–Kier alpha value is -4.33. The van der Waals surface area contributed by atoms with E-state index in [1.165, 1.54) is 14.2 Å².